The molecule has 7 heteroatoms. The maximum Gasteiger partial charge on any atom is 0.220 e. The van der Waals surface area contributed by atoms with Crippen LogP contribution >= 0.6 is 0 Å². The highest BCUT2D eigenvalue weighted by Gasteiger charge is 2.30. The SMILES string of the molecule is O=C(CC1CCNCC1Cc1cc(CN2CCNCC2)on1)NC1CC1. The van der Waals surface area contributed by atoms with Crippen molar-refractivity contribution in [2.75, 3.05) is 39.3 Å². The fourth-order valence-electron chi connectivity index (χ4n) is 4.12. The van der Waals surface area contributed by atoms with Gasteiger partial charge in [0.1, 0.15) is 0 Å². The third-order valence-corrected chi connectivity index (χ3v) is 5.82. The first kappa shape index (κ1) is 17.9. The number of piperidine rings is 1. The zero-order valence-electron chi connectivity index (χ0n) is 15.5. The molecular formula is C19H31N5O2. The molecule has 2 atom stereocenters. The van der Waals surface area contributed by atoms with Crippen molar-refractivity contribution >= 4 is 5.91 Å². The predicted molar refractivity (Wildman–Crippen MR) is 98.6 cm³/mol. The zero-order chi connectivity index (χ0) is 17.8. The summed E-state index contributed by atoms with van der Waals surface area (Å²) in [6.07, 6.45) is 4.90. The predicted octanol–water partition coefficient (Wildman–Crippen LogP) is 0.517. The number of nitrogens with zero attached hydrogens (tertiary/aromatic N) is 2. The lowest BCUT2D eigenvalue weighted by Crippen LogP contribution is -2.42. The van der Waals surface area contributed by atoms with E-state index >= 15 is 0 Å². The van der Waals surface area contributed by atoms with Crippen molar-refractivity contribution < 1.29 is 9.32 Å². The van der Waals surface area contributed by atoms with Crippen LogP contribution in [0.15, 0.2) is 10.6 Å². The van der Waals surface area contributed by atoms with Gasteiger partial charge in [-0.3, -0.25) is 9.69 Å². The van der Waals surface area contributed by atoms with E-state index in [-0.39, 0.29) is 5.91 Å². The van der Waals surface area contributed by atoms with Gasteiger partial charge in [0.05, 0.1) is 12.2 Å². The van der Waals surface area contributed by atoms with Crippen LogP contribution in [0, 0.1) is 11.8 Å². The number of rotatable bonds is 7. The molecule has 1 aromatic rings. The molecule has 4 rings (SSSR count). The van der Waals surface area contributed by atoms with Gasteiger partial charge in [-0.15, -0.1) is 0 Å². The first-order valence-corrected chi connectivity index (χ1v) is 10.1. The van der Waals surface area contributed by atoms with E-state index in [1.807, 2.05) is 0 Å². The molecular weight excluding hydrogens is 330 g/mol. The lowest BCUT2D eigenvalue weighted by molar-refractivity contribution is -0.122. The van der Waals surface area contributed by atoms with Gasteiger partial charge in [0, 0.05) is 44.7 Å². The van der Waals surface area contributed by atoms with E-state index in [1.165, 1.54) is 0 Å². The van der Waals surface area contributed by atoms with Crippen molar-refractivity contribution in [3.63, 3.8) is 0 Å². The minimum Gasteiger partial charge on any atom is -0.360 e. The molecule has 0 spiro atoms. The van der Waals surface area contributed by atoms with E-state index in [0.29, 0.717) is 24.3 Å². The summed E-state index contributed by atoms with van der Waals surface area (Å²) in [6, 6.07) is 2.56. The van der Waals surface area contributed by atoms with E-state index in [0.717, 1.165) is 83.0 Å². The summed E-state index contributed by atoms with van der Waals surface area (Å²) in [4.78, 5) is 14.6. The van der Waals surface area contributed by atoms with Crippen LogP contribution < -0.4 is 16.0 Å². The van der Waals surface area contributed by atoms with Crippen LogP contribution in [0.1, 0.15) is 37.1 Å². The van der Waals surface area contributed by atoms with Gasteiger partial charge in [0.25, 0.3) is 0 Å². The number of carbonyl (C=O) groups excluding carboxylic acids is 1. The molecule has 0 radical (unpaired) electrons. The number of hydrogen-bond donors (Lipinski definition) is 3. The van der Waals surface area contributed by atoms with Gasteiger partial charge in [-0.2, -0.15) is 0 Å². The van der Waals surface area contributed by atoms with Crippen molar-refractivity contribution in [3.8, 4) is 0 Å². The van der Waals surface area contributed by atoms with Gasteiger partial charge >= 0.3 is 0 Å². The lowest BCUT2D eigenvalue weighted by atomic mass is 9.81. The molecule has 2 unspecified atom stereocenters. The van der Waals surface area contributed by atoms with Crippen LogP contribution in [-0.4, -0.2) is 61.3 Å². The monoisotopic (exact) mass is 361 g/mol. The zero-order valence-corrected chi connectivity index (χ0v) is 15.5. The minimum atomic E-state index is 0.226. The van der Waals surface area contributed by atoms with Crippen LogP contribution in [0.2, 0.25) is 0 Å². The summed E-state index contributed by atoms with van der Waals surface area (Å²) in [5.41, 5.74) is 1.02. The van der Waals surface area contributed by atoms with Crippen LogP contribution in [-0.2, 0) is 17.8 Å². The summed E-state index contributed by atoms with van der Waals surface area (Å²) in [6.45, 7) is 7.00. The van der Waals surface area contributed by atoms with Gasteiger partial charge < -0.3 is 20.5 Å². The summed E-state index contributed by atoms with van der Waals surface area (Å²) in [5, 5.41) is 14.3. The lowest BCUT2D eigenvalue weighted by Gasteiger charge is -2.31. The number of amides is 1. The number of carbonyl (C=O) groups is 1. The molecule has 1 aromatic heterocycles. The van der Waals surface area contributed by atoms with Crippen LogP contribution in [0.4, 0.5) is 0 Å². The van der Waals surface area contributed by atoms with Crippen LogP contribution in [0.3, 0.4) is 0 Å². The molecule has 3 heterocycles. The maximum atomic E-state index is 12.2. The molecule has 144 valence electrons. The topological polar surface area (TPSA) is 82.4 Å². The Morgan fingerprint density at radius 3 is 2.85 bits per heavy atom. The summed E-state index contributed by atoms with van der Waals surface area (Å²) < 4.78 is 5.57. The van der Waals surface area contributed by atoms with E-state index in [1.54, 1.807) is 0 Å². The largest absolute Gasteiger partial charge is 0.360 e. The Morgan fingerprint density at radius 2 is 2.04 bits per heavy atom. The van der Waals surface area contributed by atoms with Crippen LogP contribution in [0.25, 0.3) is 0 Å². The summed E-state index contributed by atoms with van der Waals surface area (Å²) in [7, 11) is 0. The highest BCUT2D eigenvalue weighted by molar-refractivity contribution is 5.76. The molecule has 0 bridgehead atoms. The van der Waals surface area contributed by atoms with Gasteiger partial charge in [-0.1, -0.05) is 5.16 Å². The Labute approximate surface area is 155 Å². The van der Waals surface area contributed by atoms with Gasteiger partial charge in [-0.25, -0.2) is 0 Å². The Balaban J connectivity index is 1.30. The molecule has 1 amide bonds. The molecule has 2 saturated heterocycles. The van der Waals surface area contributed by atoms with Crippen molar-refractivity contribution in [3.05, 3.63) is 17.5 Å². The van der Waals surface area contributed by atoms with E-state index in [9.17, 15) is 4.79 Å². The third-order valence-electron chi connectivity index (χ3n) is 5.82. The fourth-order valence-corrected chi connectivity index (χ4v) is 4.12. The average molecular weight is 361 g/mol. The van der Waals surface area contributed by atoms with Crippen molar-refractivity contribution in [2.24, 2.45) is 11.8 Å². The number of aromatic nitrogens is 1. The molecule has 0 aromatic carbocycles. The Bertz CT molecular complexity index is 595. The second-order valence-corrected chi connectivity index (χ2v) is 8.07. The highest BCUT2D eigenvalue weighted by atomic mass is 16.5. The smallest absolute Gasteiger partial charge is 0.220 e. The normalized spacial score (nSPS) is 27.4. The van der Waals surface area contributed by atoms with Crippen molar-refractivity contribution in [1.82, 2.24) is 26.0 Å². The van der Waals surface area contributed by atoms with E-state index < -0.39 is 0 Å². The summed E-state index contributed by atoms with van der Waals surface area (Å²) in [5.74, 6) is 2.06. The maximum absolute atomic E-state index is 12.2. The Hall–Kier alpha value is -1.44. The number of nitrogens with one attached hydrogen (secondary N) is 3. The highest BCUT2D eigenvalue weighted by Crippen LogP contribution is 2.27. The van der Waals surface area contributed by atoms with E-state index in [4.69, 9.17) is 4.52 Å². The van der Waals surface area contributed by atoms with Gasteiger partial charge in [0.15, 0.2) is 5.76 Å². The standard InChI is InChI=1S/C19H31N5O2/c25-19(22-16-1-2-16)10-14-3-4-21-12-15(14)9-17-11-18(26-23-17)13-24-7-5-20-6-8-24/h11,14-16,20-21H,1-10,12-13H2,(H,22,25). The van der Waals surface area contributed by atoms with Gasteiger partial charge in [-0.05, 0) is 50.6 Å². The second kappa shape index (κ2) is 8.50. The first-order chi connectivity index (χ1) is 12.8. The molecule has 1 aliphatic carbocycles. The molecule has 2 aliphatic heterocycles. The van der Waals surface area contributed by atoms with Crippen LogP contribution in [0.5, 0.6) is 0 Å². The fraction of sp³-hybridized carbons (Fsp3) is 0.789. The van der Waals surface area contributed by atoms with E-state index in [2.05, 4.69) is 32.1 Å². The molecule has 3 N–H and O–H groups in total. The molecule has 3 aliphatic rings. The molecule has 3 fully saturated rings. The van der Waals surface area contributed by atoms with Gasteiger partial charge in [0.2, 0.25) is 5.91 Å². The number of piperazine rings is 1. The third kappa shape index (κ3) is 5.05. The Morgan fingerprint density at radius 1 is 1.19 bits per heavy atom. The summed E-state index contributed by atoms with van der Waals surface area (Å²) >= 11 is 0. The van der Waals surface area contributed by atoms with Crippen molar-refractivity contribution in [1.29, 1.82) is 0 Å². The average Bonchev–Trinajstić information content (AvgIpc) is 3.35. The number of hydrogen-bond acceptors (Lipinski definition) is 6. The molecule has 7 nitrogen and oxygen atoms in total. The van der Waals surface area contributed by atoms with Crippen molar-refractivity contribution in [2.45, 2.75) is 44.7 Å². The first-order valence-electron chi connectivity index (χ1n) is 10.1. The quantitative estimate of drug-likeness (QED) is 0.657. The molecule has 26 heavy (non-hydrogen) atoms. The minimum absolute atomic E-state index is 0.226. The second-order valence-electron chi connectivity index (χ2n) is 8.07. The molecule has 1 saturated carbocycles. The Kier molecular flexibility index (Phi) is 5.87.